The van der Waals surface area contributed by atoms with Gasteiger partial charge in [-0.15, -0.1) is 11.3 Å². The molecule has 20 heavy (non-hydrogen) atoms. The molecule has 0 unspecified atom stereocenters. The second-order valence-electron chi connectivity index (χ2n) is 3.81. The van der Waals surface area contributed by atoms with Crippen molar-refractivity contribution in [3.8, 4) is 5.75 Å². The molecule has 0 aliphatic rings. The van der Waals surface area contributed by atoms with Crippen molar-refractivity contribution >= 4 is 23.4 Å². The summed E-state index contributed by atoms with van der Waals surface area (Å²) in [6, 6.07) is 4.05. The van der Waals surface area contributed by atoms with Gasteiger partial charge in [-0.3, -0.25) is 0 Å². The normalized spacial score (nSPS) is 10.7. The molecule has 0 saturated carbocycles. The molecule has 1 aromatic carbocycles. The summed E-state index contributed by atoms with van der Waals surface area (Å²) in [6.45, 7) is -0.0544. The predicted octanol–water partition coefficient (Wildman–Crippen LogP) is 3.05. The van der Waals surface area contributed by atoms with E-state index in [2.05, 4.69) is 4.98 Å². The van der Waals surface area contributed by atoms with Crippen LogP contribution in [0.4, 0.5) is 4.39 Å². The number of nitrogens with zero attached hydrogens (tertiary/aromatic N) is 1. The summed E-state index contributed by atoms with van der Waals surface area (Å²) in [5, 5.41) is 1.80. The van der Waals surface area contributed by atoms with Crippen molar-refractivity contribution in [2.24, 2.45) is 0 Å². The Kier molecular flexibility index (Phi) is 4.84. The van der Waals surface area contributed by atoms with Gasteiger partial charge in [0.05, 0.1) is 18.3 Å². The molecule has 0 aliphatic heterocycles. The Labute approximate surface area is 119 Å². The quantitative estimate of drug-likeness (QED) is 0.628. The monoisotopic (exact) mass is 293 g/mol. The van der Waals surface area contributed by atoms with Gasteiger partial charge < -0.3 is 9.47 Å². The minimum atomic E-state index is -0.524. The summed E-state index contributed by atoms with van der Waals surface area (Å²) in [5.74, 6) is -0.457. The molecule has 1 aromatic heterocycles. The number of carbonyl (C=O) groups excluding carboxylic acids is 1. The summed E-state index contributed by atoms with van der Waals surface area (Å²) in [6.07, 6.45) is 2.84. The highest BCUT2D eigenvalue weighted by molar-refractivity contribution is 7.07. The largest absolute Gasteiger partial charge is 0.496 e. The van der Waals surface area contributed by atoms with E-state index in [9.17, 15) is 9.18 Å². The fraction of sp³-hybridized carbons (Fsp3) is 0.143. The van der Waals surface area contributed by atoms with Gasteiger partial charge in [-0.1, -0.05) is 0 Å². The first kappa shape index (κ1) is 14.2. The lowest BCUT2D eigenvalue weighted by atomic mass is 10.2. The van der Waals surface area contributed by atoms with E-state index in [4.69, 9.17) is 9.47 Å². The van der Waals surface area contributed by atoms with Crippen LogP contribution in [0.2, 0.25) is 0 Å². The zero-order valence-corrected chi connectivity index (χ0v) is 11.5. The number of rotatable bonds is 5. The number of halogens is 1. The highest BCUT2D eigenvalue weighted by Crippen LogP contribution is 2.20. The summed E-state index contributed by atoms with van der Waals surface area (Å²) in [7, 11) is 1.47. The molecule has 0 atom stereocenters. The van der Waals surface area contributed by atoms with Gasteiger partial charge in [-0.2, -0.15) is 0 Å². The van der Waals surface area contributed by atoms with Gasteiger partial charge in [0.2, 0.25) is 0 Å². The zero-order chi connectivity index (χ0) is 14.4. The number of esters is 1. The van der Waals surface area contributed by atoms with Crippen molar-refractivity contribution < 1.29 is 18.7 Å². The van der Waals surface area contributed by atoms with Gasteiger partial charge in [-0.05, 0) is 24.3 Å². The lowest BCUT2D eigenvalue weighted by Crippen LogP contribution is -2.02. The van der Waals surface area contributed by atoms with Crippen LogP contribution in [0.15, 0.2) is 35.2 Å². The van der Waals surface area contributed by atoms with E-state index >= 15 is 0 Å². The van der Waals surface area contributed by atoms with E-state index in [0.717, 1.165) is 0 Å². The van der Waals surface area contributed by atoms with E-state index in [1.165, 1.54) is 42.7 Å². The molecule has 0 radical (unpaired) electrons. The van der Waals surface area contributed by atoms with Gasteiger partial charge in [0.1, 0.15) is 18.2 Å². The van der Waals surface area contributed by atoms with Crippen LogP contribution in [0.25, 0.3) is 6.08 Å². The van der Waals surface area contributed by atoms with Gasteiger partial charge in [0, 0.05) is 17.0 Å². The Morgan fingerprint density at radius 3 is 3.05 bits per heavy atom. The van der Waals surface area contributed by atoms with Crippen LogP contribution in [-0.2, 0) is 16.1 Å². The van der Waals surface area contributed by atoms with Crippen LogP contribution in [0.1, 0.15) is 11.3 Å². The number of thiazole rings is 1. The third-order valence-corrected chi connectivity index (χ3v) is 3.06. The molecule has 6 heteroatoms. The topological polar surface area (TPSA) is 48.4 Å². The standard InChI is InChI=1S/C14H12FNO3S/c1-18-13-4-2-11(15)6-10(13)7-19-14(17)5-3-12-8-20-9-16-12/h2-6,8-9H,7H2,1H3/b5-3+. The van der Waals surface area contributed by atoms with Crippen molar-refractivity contribution in [3.05, 3.63) is 52.2 Å². The second-order valence-corrected chi connectivity index (χ2v) is 4.53. The first-order valence-corrected chi connectivity index (χ1v) is 6.69. The lowest BCUT2D eigenvalue weighted by molar-refractivity contribution is -0.138. The number of ether oxygens (including phenoxy) is 2. The van der Waals surface area contributed by atoms with Crippen molar-refractivity contribution in [2.45, 2.75) is 6.61 Å². The molecular weight excluding hydrogens is 281 g/mol. The molecule has 104 valence electrons. The number of aromatic nitrogens is 1. The van der Waals surface area contributed by atoms with E-state index in [1.54, 1.807) is 17.0 Å². The van der Waals surface area contributed by atoms with E-state index in [1.807, 2.05) is 0 Å². The predicted molar refractivity (Wildman–Crippen MR) is 73.9 cm³/mol. The first-order chi connectivity index (χ1) is 9.69. The highest BCUT2D eigenvalue weighted by Gasteiger charge is 2.07. The van der Waals surface area contributed by atoms with Gasteiger partial charge in [-0.25, -0.2) is 14.2 Å². The summed E-state index contributed by atoms with van der Waals surface area (Å²) < 4.78 is 23.2. The number of hydrogen-bond donors (Lipinski definition) is 0. The van der Waals surface area contributed by atoms with Crippen molar-refractivity contribution in [1.29, 1.82) is 0 Å². The smallest absolute Gasteiger partial charge is 0.331 e. The van der Waals surface area contributed by atoms with Crippen LogP contribution < -0.4 is 4.74 Å². The molecule has 0 amide bonds. The van der Waals surface area contributed by atoms with Gasteiger partial charge in [0.15, 0.2) is 0 Å². The Morgan fingerprint density at radius 1 is 1.50 bits per heavy atom. The minimum Gasteiger partial charge on any atom is -0.496 e. The number of benzene rings is 1. The van der Waals surface area contributed by atoms with Crippen molar-refractivity contribution in [2.75, 3.05) is 7.11 Å². The van der Waals surface area contributed by atoms with Crippen LogP contribution in [-0.4, -0.2) is 18.1 Å². The zero-order valence-electron chi connectivity index (χ0n) is 10.7. The van der Waals surface area contributed by atoms with Crippen molar-refractivity contribution in [3.63, 3.8) is 0 Å². The maximum atomic E-state index is 13.1. The molecule has 4 nitrogen and oxygen atoms in total. The average molecular weight is 293 g/mol. The molecule has 0 saturated heterocycles. The number of hydrogen-bond acceptors (Lipinski definition) is 5. The van der Waals surface area contributed by atoms with Crippen LogP contribution >= 0.6 is 11.3 Å². The molecule has 2 aromatic rings. The Bertz CT molecular complexity index is 611. The molecule has 0 fully saturated rings. The molecule has 0 spiro atoms. The van der Waals surface area contributed by atoms with Crippen LogP contribution in [0.5, 0.6) is 5.75 Å². The van der Waals surface area contributed by atoms with Gasteiger partial charge in [0.25, 0.3) is 0 Å². The maximum absolute atomic E-state index is 13.1. The number of methoxy groups -OCH3 is 1. The minimum absolute atomic E-state index is 0.0544. The Morgan fingerprint density at radius 2 is 2.35 bits per heavy atom. The van der Waals surface area contributed by atoms with E-state index < -0.39 is 11.8 Å². The maximum Gasteiger partial charge on any atom is 0.331 e. The Balaban J connectivity index is 1.95. The fourth-order valence-corrected chi connectivity index (χ4v) is 2.04. The van der Waals surface area contributed by atoms with Gasteiger partial charge >= 0.3 is 5.97 Å². The summed E-state index contributed by atoms with van der Waals surface area (Å²) in [4.78, 5) is 15.5. The number of carbonyl (C=O) groups is 1. The molecule has 0 aliphatic carbocycles. The fourth-order valence-electron chi connectivity index (χ4n) is 1.51. The molecule has 2 rings (SSSR count). The first-order valence-electron chi connectivity index (χ1n) is 5.74. The molecule has 0 N–H and O–H groups in total. The SMILES string of the molecule is COc1ccc(F)cc1COC(=O)/C=C/c1cscn1. The van der Waals surface area contributed by atoms with Crippen molar-refractivity contribution in [1.82, 2.24) is 4.98 Å². The molecular formula is C14H12FNO3S. The van der Waals surface area contributed by atoms with Crippen LogP contribution in [0, 0.1) is 5.82 Å². The van der Waals surface area contributed by atoms with Crippen LogP contribution in [0.3, 0.4) is 0 Å². The third kappa shape index (κ3) is 3.89. The molecule has 1 heterocycles. The Hall–Kier alpha value is -2.21. The second kappa shape index (κ2) is 6.81. The summed E-state index contributed by atoms with van der Waals surface area (Å²) in [5.41, 5.74) is 2.83. The molecule has 0 bridgehead atoms. The average Bonchev–Trinajstić information content (AvgIpc) is 2.96. The third-order valence-electron chi connectivity index (χ3n) is 2.45. The van der Waals surface area contributed by atoms with E-state index in [0.29, 0.717) is 17.0 Å². The highest BCUT2D eigenvalue weighted by atomic mass is 32.1. The van der Waals surface area contributed by atoms with E-state index in [-0.39, 0.29) is 6.61 Å². The lowest BCUT2D eigenvalue weighted by Gasteiger charge is -2.08. The summed E-state index contributed by atoms with van der Waals surface area (Å²) >= 11 is 1.44.